The van der Waals surface area contributed by atoms with Crippen LogP contribution in [0.5, 0.6) is 0 Å². The van der Waals surface area contributed by atoms with Gasteiger partial charge in [0.2, 0.25) is 0 Å². The summed E-state index contributed by atoms with van der Waals surface area (Å²) < 4.78 is 0. The van der Waals surface area contributed by atoms with Crippen LogP contribution in [0, 0.1) is 16.0 Å². The molecule has 0 aliphatic carbocycles. The second-order valence-corrected chi connectivity index (χ2v) is 6.00. The highest BCUT2D eigenvalue weighted by molar-refractivity contribution is 5.97. The molecule has 0 radical (unpaired) electrons. The number of nitrogens with zero attached hydrogens (tertiary/aromatic N) is 3. The number of aromatic nitrogens is 1. The molecular formula is C17H22N4O2. The first-order valence-corrected chi connectivity index (χ1v) is 8.18. The van der Waals surface area contributed by atoms with E-state index in [1.807, 2.05) is 6.07 Å². The molecular weight excluding hydrogens is 292 g/mol. The van der Waals surface area contributed by atoms with E-state index in [-0.39, 0.29) is 10.6 Å². The van der Waals surface area contributed by atoms with E-state index >= 15 is 0 Å². The lowest BCUT2D eigenvalue weighted by molar-refractivity contribution is -0.383. The van der Waals surface area contributed by atoms with Gasteiger partial charge in [0, 0.05) is 25.4 Å². The lowest BCUT2D eigenvalue weighted by Crippen LogP contribution is -2.37. The Morgan fingerprint density at radius 1 is 1.35 bits per heavy atom. The quantitative estimate of drug-likeness (QED) is 0.678. The van der Waals surface area contributed by atoms with Crippen LogP contribution < -0.4 is 10.2 Å². The van der Waals surface area contributed by atoms with E-state index in [1.165, 1.54) is 0 Å². The second-order valence-electron chi connectivity index (χ2n) is 6.00. The number of nitrogens with one attached hydrogen (secondary N) is 1. The molecule has 0 amide bonds. The highest BCUT2D eigenvalue weighted by Crippen LogP contribution is 2.33. The molecule has 1 aromatic carbocycles. The highest BCUT2D eigenvalue weighted by Gasteiger charge is 2.23. The van der Waals surface area contributed by atoms with E-state index in [0.717, 1.165) is 50.2 Å². The molecule has 1 fully saturated rings. The number of benzene rings is 1. The highest BCUT2D eigenvalue weighted by atomic mass is 16.6. The van der Waals surface area contributed by atoms with Gasteiger partial charge in [0.15, 0.2) is 0 Å². The predicted molar refractivity (Wildman–Crippen MR) is 91.9 cm³/mol. The fraction of sp³-hybridized carbons (Fsp3) is 0.471. The number of hydrogen-bond acceptors (Lipinski definition) is 5. The van der Waals surface area contributed by atoms with Crippen LogP contribution in [0.4, 0.5) is 11.4 Å². The van der Waals surface area contributed by atoms with Gasteiger partial charge in [0.05, 0.1) is 16.0 Å². The largest absolute Gasteiger partial charge is 0.370 e. The molecule has 1 aromatic heterocycles. The van der Waals surface area contributed by atoms with E-state index in [0.29, 0.717) is 11.3 Å². The molecule has 122 valence electrons. The van der Waals surface area contributed by atoms with Crippen LogP contribution in [-0.2, 0) is 0 Å². The number of fused-ring (bicyclic) bond motifs is 1. The van der Waals surface area contributed by atoms with Gasteiger partial charge in [-0.3, -0.25) is 15.1 Å². The Balaban J connectivity index is 1.84. The molecule has 2 aromatic rings. The van der Waals surface area contributed by atoms with Crippen LogP contribution in [0.15, 0.2) is 30.5 Å². The number of rotatable bonds is 5. The van der Waals surface area contributed by atoms with Crippen molar-refractivity contribution in [1.29, 1.82) is 0 Å². The number of hydrogen-bond donors (Lipinski definition) is 1. The van der Waals surface area contributed by atoms with Crippen molar-refractivity contribution in [3.05, 3.63) is 40.6 Å². The van der Waals surface area contributed by atoms with Gasteiger partial charge in [-0.2, -0.15) is 0 Å². The summed E-state index contributed by atoms with van der Waals surface area (Å²) in [5, 5.41) is 15.2. The fourth-order valence-corrected chi connectivity index (χ4v) is 3.28. The number of non-ortho nitro benzene ring substituents is 1. The fourth-order valence-electron chi connectivity index (χ4n) is 3.28. The smallest absolute Gasteiger partial charge is 0.278 e. The van der Waals surface area contributed by atoms with Crippen LogP contribution in [0.3, 0.4) is 0 Å². The number of nitro groups is 1. The molecule has 0 unspecified atom stereocenters. The molecule has 6 nitrogen and oxygen atoms in total. The standard InChI is InChI=1S/C17H22N4O2/c1-2-18-12-13-7-10-20(11-8-13)16-6-5-15(21(22)23)14-4-3-9-19-17(14)16/h3-6,9,13,18H,2,7-8,10-12H2,1H3. The van der Waals surface area contributed by atoms with Gasteiger partial charge < -0.3 is 10.2 Å². The molecule has 2 heterocycles. The Morgan fingerprint density at radius 2 is 2.13 bits per heavy atom. The van der Waals surface area contributed by atoms with E-state index in [9.17, 15) is 10.1 Å². The first kappa shape index (κ1) is 15.7. The van der Waals surface area contributed by atoms with E-state index in [2.05, 4.69) is 22.1 Å². The average Bonchev–Trinajstić information content (AvgIpc) is 2.59. The van der Waals surface area contributed by atoms with Gasteiger partial charge in [0.1, 0.15) is 5.52 Å². The second kappa shape index (κ2) is 6.91. The molecule has 1 saturated heterocycles. The van der Waals surface area contributed by atoms with Crippen molar-refractivity contribution in [3.8, 4) is 0 Å². The first-order chi connectivity index (χ1) is 11.2. The lowest BCUT2D eigenvalue weighted by Gasteiger charge is -2.34. The summed E-state index contributed by atoms with van der Waals surface area (Å²) in [6, 6.07) is 6.98. The Morgan fingerprint density at radius 3 is 2.83 bits per heavy atom. The summed E-state index contributed by atoms with van der Waals surface area (Å²) in [5.74, 6) is 0.712. The van der Waals surface area contributed by atoms with Crippen LogP contribution >= 0.6 is 0 Å². The molecule has 23 heavy (non-hydrogen) atoms. The minimum absolute atomic E-state index is 0.124. The van der Waals surface area contributed by atoms with E-state index in [4.69, 9.17) is 0 Å². The monoisotopic (exact) mass is 314 g/mol. The Labute approximate surface area is 135 Å². The van der Waals surface area contributed by atoms with E-state index < -0.39 is 0 Å². The zero-order valence-corrected chi connectivity index (χ0v) is 13.4. The number of pyridine rings is 1. The third-order valence-electron chi connectivity index (χ3n) is 4.56. The van der Waals surface area contributed by atoms with Crippen molar-refractivity contribution in [1.82, 2.24) is 10.3 Å². The van der Waals surface area contributed by atoms with Crippen molar-refractivity contribution < 1.29 is 4.92 Å². The number of anilines is 1. The topological polar surface area (TPSA) is 71.3 Å². The summed E-state index contributed by atoms with van der Waals surface area (Å²) >= 11 is 0. The summed E-state index contributed by atoms with van der Waals surface area (Å²) in [5.41, 5.74) is 1.86. The third-order valence-corrected chi connectivity index (χ3v) is 4.56. The van der Waals surface area contributed by atoms with Gasteiger partial charge in [0.25, 0.3) is 5.69 Å². The lowest BCUT2D eigenvalue weighted by atomic mass is 9.96. The van der Waals surface area contributed by atoms with Crippen LogP contribution in [0.2, 0.25) is 0 Å². The summed E-state index contributed by atoms with van der Waals surface area (Å²) in [6.45, 7) is 6.16. The van der Waals surface area contributed by atoms with Crippen LogP contribution in [0.1, 0.15) is 19.8 Å². The summed E-state index contributed by atoms with van der Waals surface area (Å²) in [6.07, 6.45) is 3.98. The summed E-state index contributed by atoms with van der Waals surface area (Å²) in [4.78, 5) is 17.6. The predicted octanol–water partition coefficient (Wildman–Crippen LogP) is 2.97. The maximum absolute atomic E-state index is 11.2. The van der Waals surface area contributed by atoms with Gasteiger partial charge in [-0.05, 0) is 50.0 Å². The van der Waals surface area contributed by atoms with Crippen molar-refractivity contribution in [2.45, 2.75) is 19.8 Å². The zero-order chi connectivity index (χ0) is 16.2. The van der Waals surface area contributed by atoms with E-state index in [1.54, 1.807) is 24.4 Å². The molecule has 0 saturated carbocycles. The number of piperidine rings is 1. The number of nitro benzene ring substituents is 1. The van der Waals surface area contributed by atoms with Crippen molar-refractivity contribution in [2.24, 2.45) is 5.92 Å². The first-order valence-electron chi connectivity index (χ1n) is 8.18. The SMILES string of the molecule is CCNCC1CCN(c2ccc([N+](=O)[O-])c3cccnc23)CC1. The van der Waals surface area contributed by atoms with Gasteiger partial charge in [-0.25, -0.2) is 0 Å². The van der Waals surface area contributed by atoms with Gasteiger partial charge in [-0.1, -0.05) is 6.92 Å². The Kier molecular flexibility index (Phi) is 4.71. The van der Waals surface area contributed by atoms with Gasteiger partial charge in [-0.15, -0.1) is 0 Å². The van der Waals surface area contributed by atoms with Crippen molar-refractivity contribution in [3.63, 3.8) is 0 Å². The molecule has 0 bridgehead atoms. The maximum Gasteiger partial charge on any atom is 0.278 e. The molecule has 1 aliphatic heterocycles. The van der Waals surface area contributed by atoms with Crippen molar-refractivity contribution >= 4 is 22.3 Å². The molecule has 0 atom stereocenters. The summed E-state index contributed by atoms with van der Waals surface area (Å²) in [7, 11) is 0. The Hall–Kier alpha value is -2.21. The molecule has 1 N–H and O–H groups in total. The van der Waals surface area contributed by atoms with Crippen LogP contribution in [-0.4, -0.2) is 36.1 Å². The average molecular weight is 314 g/mol. The third kappa shape index (κ3) is 3.27. The molecule has 0 spiro atoms. The minimum Gasteiger partial charge on any atom is -0.370 e. The normalized spacial score (nSPS) is 16.0. The molecule has 1 aliphatic rings. The van der Waals surface area contributed by atoms with Crippen molar-refractivity contribution in [2.75, 3.05) is 31.1 Å². The molecule has 6 heteroatoms. The maximum atomic E-state index is 11.2. The van der Waals surface area contributed by atoms with Gasteiger partial charge >= 0.3 is 0 Å². The minimum atomic E-state index is -0.337. The molecule has 3 rings (SSSR count). The van der Waals surface area contributed by atoms with Crippen LogP contribution in [0.25, 0.3) is 10.9 Å². The zero-order valence-electron chi connectivity index (χ0n) is 13.4. The Bertz CT molecular complexity index is 696.